The smallest absolute Gasteiger partial charge is 0.408 e. The number of para-hydroxylation sites is 1. The molecule has 8 nitrogen and oxygen atoms in total. The van der Waals surface area contributed by atoms with Gasteiger partial charge in [-0.1, -0.05) is 87.6 Å². The van der Waals surface area contributed by atoms with Crippen LogP contribution in [0.3, 0.4) is 0 Å². The number of rotatable bonds is 12. The van der Waals surface area contributed by atoms with Crippen LogP contribution in [0.1, 0.15) is 102 Å². The van der Waals surface area contributed by atoms with Crippen molar-refractivity contribution in [3.8, 4) is 5.75 Å². The molecule has 8 heteroatoms. The number of carbonyl (C=O) groups excluding carboxylic acids is 3. The second kappa shape index (κ2) is 15.6. The lowest BCUT2D eigenvalue weighted by atomic mass is 9.94. The van der Waals surface area contributed by atoms with Crippen LogP contribution in [0.5, 0.6) is 5.75 Å². The minimum Gasteiger partial charge on any atom is -0.507 e. The maximum atomic E-state index is 14.5. The minimum absolute atomic E-state index is 0.00528. The van der Waals surface area contributed by atoms with E-state index in [1.807, 2.05) is 30.3 Å². The van der Waals surface area contributed by atoms with E-state index in [4.69, 9.17) is 4.74 Å². The zero-order valence-corrected chi connectivity index (χ0v) is 25.9. The van der Waals surface area contributed by atoms with E-state index in [2.05, 4.69) is 17.6 Å². The highest BCUT2D eigenvalue weighted by Gasteiger charge is 2.38. The standard InChI is InChI=1S/C34H49N3O5/c1-6-7-14-22-37(32(40)28(23-25-17-10-8-11-18-25)36-33(41)42-34(3,4)5)29(27-21-15-16-24(2)30(27)38)31(39)35-26-19-12-9-13-20-26/h8,10-11,15-18,21,26,28-29,38H,6-7,9,12-14,19-20,22-23H2,1-5H3,(H,35,39)(H,36,41). The maximum absolute atomic E-state index is 14.5. The number of aryl methyl sites for hydroxylation is 1. The SMILES string of the molecule is CCCCCN(C(=O)C(Cc1ccccc1)NC(=O)OC(C)(C)C)C(C(=O)NC1CCCCC1)c1cccc(C)c1O. The molecule has 2 aromatic carbocycles. The second-order valence-corrected chi connectivity index (χ2v) is 12.4. The fourth-order valence-electron chi connectivity index (χ4n) is 5.48. The van der Waals surface area contributed by atoms with Gasteiger partial charge >= 0.3 is 6.09 Å². The lowest BCUT2D eigenvalue weighted by Gasteiger charge is -2.36. The van der Waals surface area contributed by atoms with E-state index < -0.39 is 29.7 Å². The van der Waals surface area contributed by atoms with E-state index in [-0.39, 0.29) is 24.1 Å². The number of ether oxygens (including phenoxy) is 1. The molecule has 1 aliphatic carbocycles. The van der Waals surface area contributed by atoms with E-state index in [0.29, 0.717) is 24.1 Å². The van der Waals surface area contributed by atoms with E-state index in [1.165, 1.54) is 0 Å². The van der Waals surface area contributed by atoms with Gasteiger partial charge in [0.1, 0.15) is 23.4 Å². The highest BCUT2D eigenvalue weighted by Crippen LogP contribution is 2.33. The molecule has 0 heterocycles. The lowest BCUT2D eigenvalue weighted by Crippen LogP contribution is -2.54. The zero-order chi connectivity index (χ0) is 30.7. The molecule has 0 saturated heterocycles. The Labute approximate surface area is 251 Å². The molecule has 2 unspecified atom stereocenters. The molecule has 3 rings (SSSR count). The van der Waals surface area contributed by atoms with Crippen LogP contribution < -0.4 is 10.6 Å². The van der Waals surface area contributed by atoms with Crippen molar-refractivity contribution < 1.29 is 24.2 Å². The summed E-state index contributed by atoms with van der Waals surface area (Å²) in [6, 6.07) is 12.7. The molecule has 230 valence electrons. The van der Waals surface area contributed by atoms with Gasteiger partial charge in [-0.25, -0.2) is 4.79 Å². The number of benzene rings is 2. The van der Waals surface area contributed by atoms with Crippen LogP contribution in [0.25, 0.3) is 0 Å². The van der Waals surface area contributed by atoms with Gasteiger partial charge in [-0.05, 0) is 58.1 Å². The van der Waals surface area contributed by atoms with Gasteiger partial charge in [0.15, 0.2) is 0 Å². The summed E-state index contributed by atoms with van der Waals surface area (Å²) in [6.07, 6.45) is 7.00. The number of amides is 3. The Kier molecular flexibility index (Phi) is 12.3. The van der Waals surface area contributed by atoms with Crippen LogP contribution in [0, 0.1) is 6.92 Å². The summed E-state index contributed by atoms with van der Waals surface area (Å²) >= 11 is 0. The summed E-state index contributed by atoms with van der Waals surface area (Å²) in [4.78, 5) is 43.2. The van der Waals surface area contributed by atoms with Crippen LogP contribution >= 0.6 is 0 Å². The average molecular weight is 580 g/mol. The van der Waals surface area contributed by atoms with Gasteiger partial charge in [-0.3, -0.25) is 9.59 Å². The van der Waals surface area contributed by atoms with Gasteiger partial charge in [0, 0.05) is 24.6 Å². The van der Waals surface area contributed by atoms with Crippen LogP contribution in [-0.2, 0) is 20.7 Å². The number of nitrogens with one attached hydrogen (secondary N) is 2. The minimum atomic E-state index is -1.06. The number of phenols is 1. The van der Waals surface area contributed by atoms with E-state index in [0.717, 1.165) is 50.5 Å². The Bertz CT molecular complexity index is 1170. The molecule has 1 fully saturated rings. The molecule has 1 aliphatic rings. The third-order valence-corrected chi connectivity index (χ3v) is 7.63. The van der Waals surface area contributed by atoms with E-state index in [1.54, 1.807) is 50.8 Å². The van der Waals surface area contributed by atoms with Crippen molar-refractivity contribution in [3.63, 3.8) is 0 Å². The molecule has 0 aromatic heterocycles. The molecule has 2 aromatic rings. The van der Waals surface area contributed by atoms with Gasteiger partial charge in [-0.2, -0.15) is 0 Å². The third kappa shape index (κ3) is 9.78. The van der Waals surface area contributed by atoms with Gasteiger partial charge < -0.3 is 25.4 Å². The fourth-order valence-corrected chi connectivity index (χ4v) is 5.48. The highest BCUT2D eigenvalue weighted by molar-refractivity contribution is 5.93. The average Bonchev–Trinajstić information content (AvgIpc) is 2.94. The quantitative estimate of drug-likeness (QED) is 0.254. The van der Waals surface area contributed by atoms with Crippen molar-refractivity contribution >= 4 is 17.9 Å². The van der Waals surface area contributed by atoms with E-state index >= 15 is 0 Å². The summed E-state index contributed by atoms with van der Waals surface area (Å²) in [5, 5.41) is 17.2. The Hall–Kier alpha value is -3.55. The van der Waals surface area contributed by atoms with Crippen molar-refractivity contribution in [1.82, 2.24) is 15.5 Å². The predicted octanol–water partition coefficient (Wildman–Crippen LogP) is 6.35. The Morgan fingerprint density at radius 3 is 2.33 bits per heavy atom. The Morgan fingerprint density at radius 2 is 1.69 bits per heavy atom. The molecule has 0 aliphatic heterocycles. The van der Waals surface area contributed by atoms with Crippen molar-refractivity contribution in [2.24, 2.45) is 0 Å². The number of hydrogen-bond acceptors (Lipinski definition) is 5. The first-order valence-electron chi connectivity index (χ1n) is 15.4. The van der Waals surface area contributed by atoms with E-state index in [9.17, 15) is 19.5 Å². The van der Waals surface area contributed by atoms with Gasteiger partial charge in [0.2, 0.25) is 11.8 Å². The molecule has 3 amide bonds. The van der Waals surface area contributed by atoms with Crippen molar-refractivity contribution in [2.45, 2.75) is 116 Å². The molecule has 0 spiro atoms. The maximum Gasteiger partial charge on any atom is 0.408 e. The summed E-state index contributed by atoms with van der Waals surface area (Å²) in [5.41, 5.74) is 1.11. The second-order valence-electron chi connectivity index (χ2n) is 12.4. The number of alkyl carbamates (subject to hydrolysis) is 1. The molecular weight excluding hydrogens is 530 g/mol. The monoisotopic (exact) mass is 579 g/mol. The molecule has 1 saturated carbocycles. The third-order valence-electron chi connectivity index (χ3n) is 7.63. The largest absolute Gasteiger partial charge is 0.507 e. The molecule has 2 atom stereocenters. The lowest BCUT2D eigenvalue weighted by molar-refractivity contribution is -0.143. The first-order chi connectivity index (χ1) is 20.0. The highest BCUT2D eigenvalue weighted by atomic mass is 16.6. The number of phenolic OH excluding ortho intramolecular Hbond substituents is 1. The van der Waals surface area contributed by atoms with Crippen LogP contribution in [0.4, 0.5) is 4.79 Å². The fraction of sp³-hybridized carbons (Fsp3) is 0.559. The van der Waals surface area contributed by atoms with Crippen LogP contribution in [0.15, 0.2) is 48.5 Å². The Morgan fingerprint density at radius 1 is 1.00 bits per heavy atom. The van der Waals surface area contributed by atoms with Crippen molar-refractivity contribution in [3.05, 3.63) is 65.2 Å². The van der Waals surface area contributed by atoms with Crippen LogP contribution in [0.2, 0.25) is 0 Å². The van der Waals surface area contributed by atoms with Crippen molar-refractivity contribution in [1.29, 1.82) is 0 Å². The number of hydrogen-bond donors (Lipinski definition) is 3. The predicted molar refractivity (Wildman–Crippen MR) is 165 cm³/mol. The number of aromatic hydroxyl groups is 1. The molecule has 0 bridgehead atoms. The first kappa shape index (κ1) is 33.0. The van der Waals surface area contributed by atoms with Crippen LogP contribution in [-0.4, -0.2) is 52.1 Å². The normalized spacial score (nSPS) is 15.4. The summed E-state index contributed by atoms with van der Waals surface area (Å²) in [6.45, 7) is 9.45. The summed E-state index contributed by atoms with van der Waals surface area (Å²) < 4.78 is 5.52. The molecule has 42 heavy (non-hydrogen) atoms. The topological polar surface area (TPSA) is 108 Å². The van der Waals surface area contributed by atoms with Crippen molar-refractivity contribution in [2.75, 3.05) is 6.54 Å². The van der Waals surface area contributed by atoms with Gasteiger partial charge in [0.25, 0.3) is 0 Å². The number of carbonyl (C=O) groups is 3. The molecular formula is C34H49N3O5. The summed E-state index contributed by atoms with van der Waals surface area (Å²) in [7, 11) is 0. The Balaban J connectivity index is 2.05. The number of nitrogens with zero attached hydrogens (tertiary/aromatic N) is 1. The first-order valence-corrected chi connectivity index (χ1v) is 15.4. The molecule has 3 N–H and O–H groups in total. The summed E-state index contributed by atoms with van der Waals surface area (Å²) in [5.74, 6) is -0.719. The molecule has 0 radical (unpaired) electrons. The van der Waals surface area contributed by atoms with Gasteiger partial charge in [-0.15, -0.1) is 0 Å². The van der Waals surface area contributed by atoms with Gasteiger partial charge in [0.05, 0.1) is 0 Å². The zero-order valence-electron chi connectivity index (χ0n) is 25.9. The number of unbranched alkanes of at least 4 members (excludes halogenated alkanes) is 2.